The van der Waals surface area contributed by atoms with Crippen molar-refractivity contribution in [2.45, 2.75) is 134 Å². The number of thiazole rings is 2. The Morgan fingerprint density at radius 1 is 1.02 bits per heavy atom. The molecule has 0 unspecified atom stereocenters. The van der Waals surface area contributed by atoms with Crippen LogP contribution in [0.1, 0.15) is 88.8 Å². The zero-order valence-electron chi connectivity index (χ0n) is 35.8. The predicted octanol–water partition coefficient (Wildman–Crippen LogP) is 6.62. The molecule has 342 valence electrons. The lowest BCUT2D eigenvalue weighted by Crippen LogP contribution is -2.59. The van der Waals surface area contributed by atoms with Gasteiger partial charge in [0.15, 0.2) is 0 Å². The highest BCUT2D eigenvalue weighted by molar-refractivity contribution is 7.91. The van der Waals surface area contributed by atoms with Gasteiger partial charge in [0.2, 0.25) is 27.4 Å². The van der Waals surface area contributed by atoms with Crippen molar-refractivity contribution in [3.63, 3.8) is 0 Å². The Morgan fingerprint density at radius 2 is 1.65 bits per heavy atom. The molecule has 63 heavy (non-hydrogen) atoms. The number of allylic oxidation sites excluding steroid dienone is 1. The second-order valence-corrected chi connectivity index (χ2v) is 22.0. The lowest BCUT2D eigenvalue weighted by Gasteiger charge is -2.35. The number of pyridine rings is 1. The number of hydrogen-bond acceptors (Lipinski definition) is 13. The van der Waals surface area contributed by atoms with Crippen molar-refractivity contribution in [3.8, 4) is 27.2 Å². The maximum Gasteiger partial charge on any atom is 0.427 e. The fourth-order valence-corrected chi connectivity index (χ4v) is 10.9. The van der Waals surface area contributed by atoms with Gasteiger partial charge >= 0.3 is 12.3 Å². The van der Waals surface area contributed by atoms with Crippen molar-refractivity contribution < 1.29 is 50.2 Å². The van der Waals surface area contributed by atoms with Crippen LogP contribution in [0.3, 0.4) is 0 Å². The summed E-state index contributed by atoms with van der Waals surface area (Å²) in [6, 6.07) is 0.628. The van der Waals surface area contributed by atoms with E-state index in [4.69, 9.17) is 14.5 Å². The Bertz CT molecular complexity index is 2320. The second-order valence-electron chi connectivity index (χ2n) is 17.6. The SMILES string of the molecule is CC[C@@H]1C[C@H](C)CC/C=C\[C@@H]2C[C@@]2(C(=O)NS(=O)(=O)C2CC2)NC(=O)[C@@H]2C[C@@H](Oc3cc(-c4ncc(C)s4)nc(-c4ncc(C)s4)c3)CN2C(=O)[C@H]1NC(=O)OC(C)(C)C(F)(F)F. The first kappa shape index (κ1) is 46.4. The third kappa shape index (κ3) is 10.3. The van der Waals surface area contributed by atoms with Gasteiger partial charge in [-0.2, -0.15) is 13.2 Å². The molecule has 0 spiro atoms. The Morgan fingerprint density at radius 3 is 2.21 bits per heavy atom. The molecule has 3 aromatic rings. The molecule has 5 heterocycles. The monoisotopic (exact) mass is 935 g/mol. The number of aryl methyl sites for hydroxylation is 2. The molecule has 3 N–H and O–H groups in total. The number of halogens is 3. The largest absolute Gasteiger partial charge is 0.488 e. The van der Waals surface area contributed by atoms with Gasteiger partial charge in [-0.05, 0) is 78.1 Å². The third-order valence-corrected chi connectivity index (χ3v) is 15.8. The van der Waals surface area contributed by atoms with Gasteiger partial charge in [0, 0.05) is 46.6 Å². The first-order valence-electron chi connectivity index (χ1n) is 21.0. The van der Waals surface area contributed by atoms with Crippen molar-refractivity contribution in [2.75, 3.05) is 6.54 Å². The maximum absolute atomic E-state index is 15.0. The summed E-state index contributed by atoms with van der Waals surface area (Å²) in [6.07, 6.45) is 2.56. The minimum absolute atomic E-state index is 0.0380. The van der Waals surface area contributed by atoms with Gasteiger partial charge in [-0.3, -0.25) is 19.1 Å². The van der Waals surface area contributed by atoms with E-state index in [0.717, 1.165) is 9.75 Å². The first-order chi connectivity index (χ1) is 29.6. The van der Waals surface area contributed by atoms with E-state index >= 15 is 4.79 Å². The molecule has 2 saturated carbocycles. The molecule has 7 atom stereocenters. The molecule has 2 aliphatic carbocycles. The van der Waals surface area contributed by atoms with Crippen LogP contribution >= 0.6 is 22.7 Å². The first-order valence-corrected chi connectivity index (χ1v) is 24.2. The number of nitrogens with zero attached hydrogens (tertiary/aromatic N) is 4. The van der Waals surface area contributed by atoms with Crippen LogP contribution in [0.5, 0.6) is 5.75 Å². The van der Waals surface area contributed by atoms with Crippen molar-refractivity contribution in [2.24, 2.45) is 17.8 Å². The van der Waals surface area contributed by atoms with Crippen molar-refractivity contribution >= 4 is 56.5 Å². The third-order valence-electron chi connectivity index (χ3n) is 12.1. The van der Waals surface area contributed by atoms with E-state index in [1.54, 1.807) is 37.5 Å². The zero-order valence-corrected chi connectivity index (χ0v) is 38.2. The number of hydrogen-bond donors (Lipinski definition) is 3. The van der Waals surface area contributed by atoms with E-state index in [9.17, 15) is 36.0 Å². The Balaban J connectivity index is 1.25. The molecule has 3 aromatic heterocycles. The lowest BCUT2D eigenvalue weighted by atomic mass is 9.85. The van der Waals surface area contributed by atoms with Crippen LogP contribution in [-0.2, 0) is 29.1 Å². The number of sulfonamides is 1. The summed E-state index contributed by atoms with van der Waals surface area (Å²) < 4.78 is 81.2. The highest BCUT2D eigenvalue weighted by Crippen LogP contribution is 2.46. The fourth-order valence-electron chi connectivity index (χ4n) is 8.09. The van der Waals surface area contributed by atoms with Crippen LogP contribution in [0, 0.1) is 31.6 Å². The number of ether oxygens (including phenoxy) is 2. The van der Waals surface area contributed by atoms with Crippen molar-refractivity contribution in [1.29, 1.82) is 0 Å². The van der Waals surface area contributed by atoms with Crippen LogP contribution in [0.4, 0.5) is 18.0 Å². The predicted molar refractivity (Wildman–Crippen MR) is 229 cm³/mol. The summed E-state index contributed by atoms with van der Waals surface area (Å²) in [5.74, 6) is -3.26. The van der Waals surface area contributed by atoms with Gasteiger partial charge in [0.25, 0.3) is 5.91 Å². The number of alkyl halides is 3. The molecular formula is C42H52F3N7O8S3. The molecule has 0 bridgehead atoms. The molecule has 4 amide bonds. The number of rotatable bonds is 10. The van der Waals surface area contributed by atoms with Gasteiger partial charge < -0.3 is 25.0 Å². The highest BCUT2D eigenvalue weighted by atomic mass is 32.2. The summed E-state index contributed by atoms with van der Waals surface area (Å²) in [4.78, 5) is 73.9. The quantitative estimate of drug-likeness (QED) is 0.185. The van der Waals surface area contributed by atoms with E-state index in [1.165, 1.54) is 27.6 Å². The number of carbonyl (C=O) groups is 4. The van der Waals surface area contributed by atoms with Crippen LogP contribution in [0.15, 0.2) is 36.7 Å². The zero-order chi connectivity index (χ0) is 45.6. The lowest BCUT2D eigenvalue weighted by molar-refractivity contribution is -0.244. The maximum atomic E-state index is 15.0. The molecule has 7 rings (SSSR count). The molecule has 0 aromatic carbocycles. The van der Waals surface area contributed by atoms with Gasteiger partial charge in [-0.25, -0.2) is 28.2 Å². The van der Waals surface area contributed by atoms with E-state index in [0.29, 0.717) is 79.5 Å². The number of amides is 4. The number of alkyl carbamates (subject to hydrolysis) is 1. The molecule has 0 radical (unpaired) electrons. The minimum Gasteiger partial charge on any atom is -0.488 e. The van der Waals surface area contributed by atoms with Gasteiger partial charge in [0.05, 0.1) is 11.8 Å². The molecule has 1 saturated heterocycles. The fraction of sp³-hybridized carbons (Fsp3) is 0.595. The van der Waals surface area contributed by atoms with Crippen molar-refractivity contribution in [1.82, 2.24) is 35.2 Å². The number of fused-ring (bicyclic) bond motifs is 2. The van der Waals surface area contributed by atoms with E-state index in [-0.39, 0.29) is 25.3 Å². The second kappa shape index (κ2) is 17.7. The van der Waals surface area contributed by atoms with Crippen molar-refractivity contribution in [3.05, 3.63) is 46.4 Å². The van der Waals surface area contributed by atoms with Crippen LogP contribution in [-0.4, -0.2) is 99.4 Å². The molecular weight excluding hydrogens is 884 g/mol. The normalized spacial score (nSPS) is 27.5. The molecule has 2 aliphatic heterocycles. The van der Waals surface area contributed by atoms with Gasteiger partial charge in [0.1, 0.15) is 50.9 Å². The van der Waals surface area contributed by atoms with E-state index < -0.39 is 86.4 Å². The summed E-state index contributed by atoms with van der Waals surface area (Å²) in [7, 11) is -4.00. The number of nitrogens with one attached hydrogen (secondary N) is 3. The molecule has 15 nitrogen and oxygen atoms in total. The van der Waals surface area contributed by atoms with Crippen LogP contribution in [0.2, 0.25) is 0 Å². The highest BCUT2D eigenvalue weighted by Gasteiger charge is 2.62. The minimum atomic E-state index is -4.92. The summed E-state index contributed by atoms with van der Waals surface area (Å²) in [6.45, 7) is 8.79. The Kier molecular flexibility index (Phi) is 13.1. The van der Waals surface area contributed by atoms with E-state index in [2.05, 4.69) is 25.3 Å². The average molecular weight is 936 g/mol. The smallest absolute Gasteiger partial charge is 0.427 e. The molecule has 21 heteroatoms. The topological polar surface area (TPSA) is 199 Å². The Hall–Kier alpha value is -4.63. The number of carbonyl (C=O) groups excluding carboxylic acids is 4. The van der Waals surface area contributed by atoms with Crippen LogP contribution in [0.25, 0.3) is 21.4 Å². The standard InChI is InChI=1S/C42H52F3N7O8S3/c1-7-25-14-22(2)10-8-9-11-26-18-41(26,38(55)51-63(57,58)29-12-13-29)50-34(53)32-17-28(21-52(32)37(54)33(25)49-39(56)60-40(5,6)42(43,44)45)59-27-15-30(35-46-19-23(3)61-35)48-31(16-27)36-47-20-24(4)62-36/h9,11,15-16,19-20,22,25-26,28-29,32-33H,7-8,10,12-14,17-18,21H2,1-6H3,(H,49,56)(H,50,53)(H,51,55)/b11-9-/t22-,25-,26-,28-,32+,33+,41-/m1/s1. The summed E-state index contributed by atoms with van der Waals surface area (Å²) in [5.41, 5.74) is -3.53. The summed E-state index contributed by atoms with van der Waals surface area (Å²) in [5, 5.41) is 5.81. The molecule has 3 fully saturated rings. The molecule has 4 aliphatic rings. The van der Waals surface area contributed by atoms with Gasteiger partial charge in [-0.1, -0.05) is 32.4 Å². The van der Waals surface area contributed by atoms with Gasteiger partial charge in [-0.15, -0.1) is 22.7 Å². The summed E-state index contributed by atoms with van der Waals surface area (Å²) >= 11 is 2.85. The Labute approximate surface area is 372 Å². The van der Waals surface area contributed by atoms with Crippen LogP contribution < -0.4 is 20.1 Å². The average Bonchev–Trinajstić information content (AvgIpc) is 4.02. The number of aromatic nitrogens is 3. The van der Waals surface area contributed by atoms with E-state index in [1.807, 2.05) is 26.8 Å².